The molecule has 0 saturated heterocycles. The van der Waals surface area contributed by atoms with Crippen molar-refractivity contribution in [1.29, 1.82) is 0 Å². The van der Waals surface area contributed by atoms with Gasteiger partial charge < -0.3 is 9.47 Å². The predicted octanol–water partition coefficient (Wildman–Crippen LogP) is 8.69. The molecule has 2 aromatic rings. The molecule has 0 fully saturated rings. The highest BCUT2D eigenvalue weighted by Crippen LogP contribution is 2.22. The van der Waals surface area contributed by atoms with Crippen molar-refractivity contribution in [3.8, 4) is 11.5 Å². The van der Waals surface area contributed by atoms with Gasteiger partial charge in [0.25, 0.3) is 0 Å². The van der Waals surface area contributed by atoms with Crippen molar-refractivity contribution in [3.63, 3.8) is 0 Å². The molecule has 35 heavy (non-hydrogen) atoms. The summed E-state index contributed by atoms with van der Waals surface area (Å²) in [6.07, 6.45) is 16.0. The quantitative estimate of drug-likeness (QED) is 0.115. The van der Waals surface area contributed by atoms with Crippen LogP contribution in [0, 0.1) is 5.92 Å². The highest BCUT2D eigenvalue weighted by atomic mass is 16.5. The Kier molecular flexibility index (Phi) is 15.3. The van der Waals surface area contributed by atoms with E-state index in [0.29, 0.717) is 17.9 Å². The van der Waals surface area contributed by atoms with Crippen LogP contribution in [0.15, 0.2) is 60.7 Å². The molecule has 0 bridgehead atoms. The Morgan fingerprint density at radius 3 is 1.60 bits per heavy atom. The Hall–Kier alpha value is -2.62. The molecule has 0 aliphatic heterocycles. The lowest BCUT2D eigenvalue weighted by Crippen LogP contribution is -2.20. The van der Waals surface area contributed by atoms with Gasteiger partial charge in [0.1, 0.15) is 11.5 Å². The Balaban J connectivity index is 1.63. The molecular weight excluding hydrogens is 436 g/mol. The van der Waals surface area contributed by atoms with Crippen LogP contribution in [0.1, 0.15) is 103 Å². The van der Waals surface area contributed by atoms with E-state index in [1.54, 1.807) is 12.1 Å². The maximum atomic E-state index is 12.8. The number of hydrogen-bond acceptors (Lipinski definition) is 4. The number of ether oxygens (including phenoxy) is 2. The van der Waals surface area contributed by atoms with E-state index in [1.165, 1.54) is 38.5 Å². The molecule has 0 aromatic heterocycles. The zero-order valence-corrected chi connectivity index (χ0v) is 21.6. The van der Waals surface area contributed by atoms with E-state index < -0.39 is 0 Å². The molecule has 1 unspecified atom stereocenters. The van der Waals surface area contributed by atoms with Crippen molar-refractivity contribution in [3.05, 3.63) is 60.7 Å². The first-order chi connectivity index (χ1) is 17.2. The van der Waals surface area contributed by atoms with Gasteiger partial charge in [0.2, 0.25) is 0 Å². The smallest absolute Gasteiger partial charge is 0.314 e. The van der Waals surface area contributed by atoms with Gasteiger partial charge in [0.15, 0.2) is 0 Å². The fourth-order valence-electron chi connectivity index (χ4n) is 4.28. The predicted molar refractivity (Wildman–Crippen MR) is 143 cm³/mol. The van der Waals surface area contributed by atoms with Crippen molar-refractivity contribution in [1.82, 2.24) is 0 Å². The minimum absolute atomic E-state index is 0.0355. The minimum Gasteiger partial charge on any atom is -0.427 e. The van der Waals surface area contributed by atoms with Crippen molar-refractivity contribution in [2.24, 2.45) is 5.92 Å². The molecule has 192 valence electrons. The Morgan fingerprint density at radius 1 is 0.600 bits per heavy atom. The summed E-state index contributed by atoms with van der Waals surface area (Å²) in [4.78, 5) is 24.8. The summed E-state index contributed by atoms with van der Waals surface area (Å²) in [6, 6.07) is 18.6. The molecule has 0 aliphatic carbocycles. The number of rotatable bonds is 19. The fraction of sp³-hybridized carbons (Fsp3) is 0.548. The molecule has 1 atom stereocenters. The summed E-state index contributed by atoms with van der Waals surface area (Å²) in [5.41, 5.74) is 0. The lowest BCUT2D eigenvalue weighted by molar-refractivity contribution is -0.139. The van der Waals surface area contributed by atoms with E-state index in [-0.39, 0.29) is 17.9 Å². The molecule has 0 aliphatic rings. The molecule has 4 heteroatoms. The van der Waals surface area contributed by atoms with Crippen LogP contribution in [-0.4, -0.2) is 11.9 Å². The van der Waals surface area contributed by atoms with Crippen LogP contribution < -0.4 is 9.47 Å². The second-order valence-corrected chi connectivity index (χ2v) is 9.43. The molecule has 2 aromatic carbocycles. The maximum absolute atomic E-state index is 12.8. The summed E-state index contributed by atoms with van der Waals surface area (Å²) in [5, 5.41) is 0. The van der Waals surface area contributed by atoms with Crippen LogP contribution in [0.4, 0.5) is 0 Å². The summed E-state index contributed by atoms with van der Waals surface area (Å²) >= 11 is 0. The van der Waals surface area contributed by atoms with Crippen LogP contribution in [0.3, 0.4) is 0 Å². The third-order valence-corrected chi connectivity index (χ3v) is 6.36. The second kappa shape index (κ2) is 18.7. The highest BCUT2D eigenvalue weighted by Gasteiger charge is 2.20. The van der Waals surface area contributed by atoms with Crippen LogP contribution >= 0.6 is 0 Å². The van der Waals surface area contributed by atoms with Gasteiger partial charge in [-0.3, -0.25) is 9.59 Å². The standard InChI is InChI=1S/C31H44O4/c1-2-3-4-5-6-8-13-20-27(31(33)35-29-24-17-12-18-25-29)21-14-9-7-10-19-26-30(32)34-28-22-15-11-16-23-28/h11-12,15-18,22-25,27H,2-10,13-14,19-21,26H2,1H3. The van der Waals surface area contributed by atoms with Crippen molar-refractivity contribution in [2.45, 2.75) is 103 Å². The number of carbonyl (C=O) groups is 2. The number of benzene rings is 2. The lowest BCUT2D eigenvalue weighted by atomic mass is 9.94. The van der Waals surface area contributed by atoms with Crippen LogP contribution in [-0.2, 0) is 9.59 Å². The average Bonchev–Trinajstić information content (AvgIpc) is 2.87. The van der Waals surface area contributed by atoms with Crippen LogP contribution in [0.25, 0.3) is 0 Å². The van der Waals surface area contributed by atoms with Crippen LogP contribution in [0.5, 0.6) is 11.5 Å². The SMILES string of the molecule is CCCCCCCCCC(CCCCCCCC(=O)Oc1ccccc1)C(=O)Oc1ccccc1. The van der Waals surface area contributed by atoms with Gasteiger partial charge in [0.05, 0.1) is 5.92 Å². The Labute approximate surface area is 212 Å². The third-order valence-electron chi connectivity index (χ3n) is 6.36. The largest absolute Gasteiger partial charge is 0.427 e. The van der Waals surface area contributed by atoms with Gasteiger partial charge in [-0.05, 0) is 43.5 Å². The van der Waals surface area contributed by atoms with E-state index >= 15 is 0 Å². The molecule has 0 spiro atoms. The Morgan fingerprint density at radius 2 is 1.06 bits per heavy atom. The molecule has 0 amide bonds. The number of para-hydroxylation sites is 2. The van der Waals surface area contributed by atoms with E-state index in [4.69, 9.17) is 9.47 Å². The first-order valence-corrected chi connectivity index (χ1v) is 13.7. The number of hydrogen-bond donors (Lipinski definition) is 0. The van der Waals surface area contributed by atoms with Gasteiger partial charge >= 0.3 is 11.9 Å². The van der Waals surface area contributed by atoms with E-state index in [2.05, 4.69) is 6.92 Å². The summed E-state index contributed by atoms with van der Waals surface area (Å²) in [7, 11) is 0. The van der Waals surface area contributed by atoms with E-state index in [0.717, 1.165) is 51.4 Å². The van der Waals surface area contributed by atoms with Gasteiger partial charge in [-0.25, -0.2) is 0 Å². The third kappa shape index (κ3) is 13.8. The average molecular weight is 481 g/mol. The second-order valence-electron chi connectivity index (χ2n) is 9.43. The molecule has 0 heterocycles. The van der Waals surface area contributed by atoms with Crippen molar-refractivity contribution >= 4 is 11.9 Å². The molecular formula is C31H44O4. The highest BCUT2D eigenvalue weighted by molar-refractivity contribution is 5.75. The lowest BCUT2D eigenvalue weighted by Gasteiger charge is -2.16. The maximum Gasteiger partial charge on any atom is 0.314 e. The number of carbonyl (C=O) groups excluding carboxylic acids is 2. The van der Waals surface area contributed by atoms with Crippen LogP contribution in [0.2, 0.25) is 0 Å². The first-order valence-electron chi connectivity index (χ1n) is 13.7. The van der Waals surface area contributed by atoms with E-state index in [1.807, 2.05) is 48.5 Å². The zero-order valence-electron chi connectivity index (χ0n) is 21.6. The molecule has 0 saturated carbocycles. The first kappa shape index (κ1) is 28.6. The summed E-state index contributed by atoms with van der Waals surface area (Å²) in [5.74, 6) is 0.934. The van der Waals surface area contributed by atoms with Gasteiger partial charge in [0, 0.05) is 6.42 Å². The number of esters is 2. The van der Waals surface area contributed by atoms with Crippen molar-refractivity contribution in [2.75, 3.05) is 0 Å². The molecule has 4 nitrogen and oxygen atoms in total. The molecule has 0 radical (unpaired) electrons. The minimum atomic E-state index is -0.172. The molecule has 0 N–H and O–H groups in total. The van der Waals surface area contributed by atoms with E-state index in [9.17, 15) is 9.59 Å². The van der Waals surface area contributed by atoms with Gasteiger partial charge in [-0.1, -0.05) is 114 Å². The topological polar surface area (TPSA) is 52.6 Å². The Bertz CT molecular complexity index is 803. The fourth-order valence-corrected chi connectivity index (χ4v) is 4.28. The van der Waals surface area contributed by atoms with Gasteiger partial charge in [-0.2, -0.15) is 0 Å². The summed E-state index contributed by atoms with van der Waals surface area (Å²) < 4.78 is 11.0. The monoisotopic (exact) mass is 480 g/mol. The van der Waals surface area contributed by atoms with Crippen molar-refractivity contribution < 1.29 is 19.1 Å². The summed E-state index contributed by atoms with van der Waals surface area (Å²) in [6.45, 7) is 2.24. The zero-order chi connectivity index (χ0) is 25.0. The number of unbranched alkanes of at least 4 members (excludes halogenated alkanes) is 10. The normalized spacial score (nSPS) is 11.7. The van der Waals surface area contributed by atoms with Gasteiger partial charge in [-0.15, -0.1) is 0 Å². The molecule has 2 rings (SSSR count).